The predicted octanol–water partition coefficient (Wildman–Crippen LogP) is 2.92. The van der Waals surface area contributed by atoms with Crippen LogP contribution < -0.4 is 11.1 Å². The topological polar surface area (TPSA) is 98.5 Å². The highest BCUT2D eigenvalue weighted by Crippen LogP contribution is 2.34. The molecule has 0 unspecified atom stereocenters. The van der Waals surface area contributed by atoms with Gasteiger partial charge < -0.3 is 15.8 Å². The van der Waals surface area contributed by atoms with E-state index in [-0.39, 0.29) is 21.3 Å². The number of benzene rings is 1. The quantitative estimate of drug-likeness (QED) is 0.628. The lowest BCUT2D eigenvalue weighted by Gasteiger charge is -2.08. The fourth-order valence-corrected chi connectivity index (χ4v) is 3.91. The molecule has 2 rings (SSSR count). The minimum absolute atomic E-state index is 0.121. The van der Waals surface area contributed by atoms with Crippen molar-refractivity contribution in [1.29, 1.82) is 0 Å². The molecular formula is C16H16N2O4S2. The lowest BCUT2D eigenvalue weighted by Crippen LogP contribution is -2.18. The van der Waals surface area contributed by atoms with Gasteiger partial charge in [-0.05, 0) is 30.9 Å². The summed E-state index contributed by atoms with van der Waals surface area (Å²) in [6, 6.07) is 7.10. The molecule has 8 heteroatoms. The number of methoxy groups -OCH3 is 1. The van der Waals surface area contributed by atoms with E-state index in [1.807, 2.05) is 18.4 Å². The van der Waals surface area contributed by atoms with Gasteiger partial charge in [0.2, 0.25) is 0 Å². The highest BCUT2D eigenvalue weighted by molar-refractivity contribution is 7.98. The van der Waals surface area contributed by atoms with Crippen molar-refractivity contribution in [1.82, 2.24) is 0 Å². The number of amides is 2. The average molecular weight is 364 g/mol. The smallest absolute Gasteiger partial charge is 0.348 e. The second-order valence-corrected chi connectivity index (χ2v) is 6.64. The molecule has 0 bridgehead atoms. The number of carbonyl (C=O) groups excluding carboxylic acids is 3. The number of ether oxygens (including phenoxy) is 1. The van der Waals surface area contributed by atoms with E-state index in [1.165, 1.54) is 18.9 Å². The van der Waals surface area contributed by atoms with Crippen molar-refractivity contribution in [3.63, 3.8) is 0 Å². The summed E-state index contributed by atoms with van der Waals surface area (Å²) in [5, 5.41) is 2.92. The van der Waals surface area contributed by atoms with Crippen molar-refractivity contribution in [2.75, 3.05) is 18.7 Å². The van der Waals surface area contributed by atoms with E-state index < -0.39 is 11.9 Å². The standard InChI is InChI=1S/C16H16N2O4S2/c1-8-11(13(17)19)15(24-12(8)16(21)22-2)18-14(20)9-6-4-5-7-10(9)23-3/h4-7H,1-3H3,(H2,17,19)(H,18,20). The highest BCUT2D eigenvalue weighted by atomic mass is 32.2. The molecule has 1 heterocycles. The zero-order valence-electron chi connectivity index (χ0n) is 13.3. The maximum Gasteiger partial charge on any atom is 0.348 e. The van der Waals surface area contributed by atoms with Crippen molar-refractivity contribution >= 4 is 45.9 Å². The molecule has 1 aromatic carbocycles. The van der Waals surface area contributed by atoms with E-state index in [0.717, 1.165) is 16.2 Å². The predicted molar refractivity (Wildman–Crippen MR) is 95.1 cm³/mol. The number of thiophene rings is 1. The largest absolute Gasteiger partial charge is 0.465 e. The number of hydrogen-bond acceptors (Lipinski definition) is 6. The van der Waals surface area contributed by atoms with E-state index in [1.54, 1.807) is 19.1 Å². The zero-order chi connectivity index (χ0) is 17.9. The van der Waals surface area contributed by atoms with Gasteiger partial charge in [-0.2, -0.15) is 0 Å². The van der Waals surface area contributed by atoms with Crippen LogP contribution in [-0.4, -0.2) is 31.1 Å². The molecule has 126 valence electrons. The summed E-state index contributed by atoms with van der Waals surface area (Å²) in [4.78, 5) is 37.1. The van der Waals surface area contributed by atoms with Crippen LogP contribution in [0.1, 0.15) is 36.0 Å². The first kappa shape index (κ1) is 18.0. The van der Waals surface area contributed by atoms with Crippen LogP contribution in [0.3, 0.4) is 0 Å². The van der Waals surface area contributed by atoms with Crippen LogP contribution in [0.5, 0.6) is 0 Å². The van der Waals surface area contributed by atoms with E-state index in [9.17, 15) is 14.4 Å². The fraction of sp³-hybridized carbons (Fsp3) is 0.188. The van der Waals surface area contributed by atoms with Gasteiger partial charge in [0.25, 0.3) is 11.8 Å². The number of hydrogen-bond donors (Lipinski definition) is 2. The zero-order valence-corrected chi connectivity index (χ0v) is 15.0. The maximum atomic E-state index is 12.5. The summed E-state index contributed by atoms with van der Waals surface area (Å²) in [5.74, 6) is -1.67. The number of thioether (sulfide) groups is 1. The van der Waals surface area contributed by atoms with Crippen molar-refractivity contribution in [2.45, 2.75) is 11.8 Å². The van der Waals surface area contributed by atoms with Crippen molar-refractivity contribution in [3.05, 3.63) is 45.8 Å². The van der Waals surface area contributed by atoms with Crippen LogP contribution in [0.4, 0.5) is 5.00 Å². The number of rotatable bonds is 5. The second kappa shape index (κ2) is 7.50. The van der Waals surface area contributed by atoms with Crippen LogP contribution in [0.2, 0.25) is 0 Å². The summed E-state index contributed by atoms with van der Waals surface area (Å²) in [7, 11) is 1.25. The molecule has 0 fully saturated rings. The first-order valence-corrected chi connectivity index (χ1v) is 8.90. The number of anilines is 1. The minimum Gasteiger partial charge on any atom is -0.465 e. The molecule has 0 atom stereocenters. The third-order valence-corrected chi connectivity index (χ3v) is 5.33. The first-order valence-electron chi connectivity index (χ1n) is 6.86. The van der Waals surface area contributed by atoms with Crippen LogP contribution in [-0.2, 0) is 4.74 Å². The average Bonchev–Trinajstić information content (AvgIpc) is 2.90. The van der Waals surface area contributed by atoms with Gasteiger partial charge in [0.15, 0.2) is 0 Å². The van der Waals surface area contributed by atoms with E-state index in [2.05, 4.69) is 5.32 Å². The molecule has 3 N–H and O–H groups in total. The Labute approximate surface area is 147 Å². The molecule has 0 saturated heterocycles. The molecule has 1 aromatic heterocycles. The Morgan fingerprint density at radius 2 is 1.92 bits per heavy atom. The van der Waals surface area contributed by atoms with Crippen LogP contribution in [0.25, 0.3) is 0 Å². The van der Waals surface area contributed by atoms with Gasteiger partial charge in [0, 0.05) is 4.90 Å². The van der Waals surface area contributed by atoms with Gasteiger partial charge in [-0.1, -0.05) is 12.1 Å². The lowest BCUT2D eigenvalue weighted by molar-refractivity contribution is 0.0605. The Bertz CT molecular complexity index is 814. The number of nitrogens with two attached hydrogens (primary N) is 1. The third kappa shape index (κ3) is 3.44. The van der Waals surface area contributed by atoms with Crippen LogP contribution in [0, 0.1) is 6.92 Å². The molecular weight excluding hydrogens is 348 g/mol. The molecule has 2 aromatic rings. The summed E-state index contributed by atoms with van der Waals surface area (Å²) in [6.45, 7) is 1.59. The molecule has 0 saturated carbocycles. The first-order chi connectivity index (χ1) is 11.4. The summed E-state index contributed by atoms with van der Waals surface area (Å²) < 4.78 is 4.69. The highest BCUT2D eigenvalue weighted by Gasteiger charge is 2.25. The Kier molecular flexibility index (Phi) is 5.63. The Morgan fingerprint density at radius 3 is 2.50 bits per heavy atom. The minimum atomic E-state index is -0.715. The number of esters is 1. The van der Waals surface area contributed by atoms with E-state index >= 15 is 0 Å². The summed E-state index contributed by atoms with van der Waals surface area (Å²) in [6.07, 6.45) is 1.87. The van der Waals surface area contributed by atoms with Crippen molar-refractivity contribution in [2.24, 2.45) is 5.73 Å². The SMILES string of the molecule is COC(=O)c1sc(NC(=O)c2ccccc2SC)c(C(N)=O)c1C. The van der Waals surface area contributed by atoms with E-state index in [4.69, 9.17) is 10.5 Å². The Morgan fingerprint density at radius 1 is 1.25 bits per heavy atom. The maximum absolute atomic E-state index is 12.5. The van der Waals surface area contributed by atoms with Crippen LogP contribution >= 0.6 is 23.1 Å². The van der Waals surface area contributed by atoms with Crippen molar-refractivity contribution in [3.8, 4) is 0 Å². The molecule has 0 aliphatic rings. The van der Waals surface area contributed by atoms with Gasteiger partial charge in [0.1, 0.15) is 9.88 Å². The molecule has 0 spiro atoms. The van der Waals surface area contributed by atoms with Gasteiger partial charge in [-0.3, -0.25) is 9.59 Å². The Balaban J connectivity index is 2.44. The van der Waals surface area contributed by atoms with Gasteiger partial charge in [-0.25, -0.2) is 4.79 Å². The van der Waals surface area contributed by atoms with Gasteiger partial charge in [-0.15, -0.1) is 23.1 Å². The molecule has 0 aliphatic heterocycles. The molecule has 2 amide bonds. The normalized spacial score (nSPS) is 10.3. The number of primary amides is 1. The molecule has 0 aliphatic carbocycles. The lowest BCUT2D eigenvalue weighted by atomic mass is 10.1. The van der Waals surface area contributed by atoms with Gasteiger partial charge in [0.05, 0.1) is 18.2 Å². The summed E-state index contributed by atoms with van der Waals surface area (Å²) in [5.41, 5.74) is 6.40. The monoisotopic (exact) mass is 364 g/mol. The fourth-order valence-electron chi connectivity index (χ4n) is 2.19. The Hall–Kier alpha value is -2.32. The molecule has 0 radical (unpaired) electrons. The number of carbonyl (C=O) groups is 3. The van der Waals surface area contributed by atoms with E-state index in [0.29, 0.717) is 11.1 Å². The third-order valence-electron chi connectivity index (χ3n) is 3.34. The molecule has 24 heavy (non-hydrogen) atoms. The van der Waals surface area contributed by atoms with Gasteiger partial charge >= 0.3 is 5.97 Å². The van der Waals surface area contributed by atoms with Crippen molar-refractivity contribution < 1.29 is 19.1 Å². The molecule has 6 nitrogen and oxygen atoms in total. The second-order valence-electron chi connectivity index (χ2n) is 4.77. The van der Waals surface area contributed by atoms with Crippen LogP contribution in [0.15, 0.2) is 29.2 Å². The summed E-state index contributed by atoms with van der Waals surface area (Å²) >= 11 is 2.41. The number of nitrogens with one attached hydrogen (secondary N) is 1.